The highest BCUT2D eigenvalue weighted by Crippen LogP contribution is 2.50. The van der Waals surface area contributed by atoms with E-state index in [9.17, 15) is 0 Å². The fourth-order valence-electron chi connectivity index (χ4n) is 10.4. The lowest BCUT2D eigenvalue weighted by Gasteiger charge is -2.19. The highest BCUT2D eigenvalue weighted by molar-refractivity contribution is 6.27. The molecule has 0 bridgehead atoms. The maximum atomic E-state index is 3.99. The molecule has 0 aliphatic heterocycles. The predicted molar refractivity (Wildman–Crippen MR) is 273 cm³/mol. The van der Waals surface area contributed by atoms with Gasteiger partial charge in [-0.2, -0.15) is 0 Å². The van der Waals surface area contributed by atoms with Crippen LogP contribution in [0.2, 0.25) is 0 Å². The highest BCUT2D eigenvalue weighted by Gasteiger charge is 2.24. The maximum absolute atomic E-state index is 3.99. The molecule has 298 valence electrons. The van der Waals surface area contributed by atoms with Gasteiger partial charge in [-0.15, -0.1) is 0 Å². The monoisotopic (exact) mass is 812 g/mol. The Bertz CT molecular complexity index is 3660. The lowest BCUT2D eigenvalue weighted by molar-refractivity contribution is 1.45. The van der Waals surface area contributed by atoms with Crippen molar-refractivity contribution in [2.75, 3.05) is 0 Å². The lowest BCUT2D eigenvalue weighted by Crippen LogP contribution is -1.92. The summed E-state index contributed by atoms with van der Waals surface area (Å²) in [6.45, 7) is 0. The molecule has 0 spiro atoms. The second-order valence-electron chi connectivity index (χ2n) is 17.0. The number of fused-ring (bicyclic) bond motifs is 6. The van der Waals surface area contributed by atoms with Gasteiger partial charge in [-0.1, -0.05) is 194 Å². The molecule has 0 atom stereocenters. The van der Waals surface area contributed by atoms with Gasteiger partial charge in [0.2, 0.25) is 0 Å². The first-order chi connectivity index (χ1) is 31.7. The van der Waals surface area contributed by atoms with E-state index in [2.05, 4.69) is 240 Å². The van der Waals surface area contributed by atoms with Gasteiger partial charge in [0.05, 0.1) is 11.4 Å². The average Bonchev–Trinajstić information content (AvgIpc) is 3.93. The number of nitrogens with one attached hydrogen (secondary N) is 2. The van der Waals surface area contributed by atoms with Crippen LogP contribution in [0.25, 0.3) is 132 Å². The normalized spacial score (nSPS) is 11.8. The highest BCUT2D eigenvalue weighted by atomic mass is 14.7. The van der Waals surface area contributed by atoms with E-state index in [1.165, 1.54) is 98.4 Å². The molecule has 2 nitrogen and oxygen atoms in total. The van der Waals surface area contributed by atoms with Gasteiger partial charge < -0.3 is 9.97 Å². The molecule has 13 aromatic rings. The van der Waals surface area contributed by atoms with Crippen molar-refractivity contribution in [3.63, 3.8) is 0 Å². The molecule has 13 rings (SSSR count). The van der Waals surface area contributed by atoms with Crippen LogP contribution in [-0.4, -0.2) is 9.97 Å². The van der Waals surface area contributed by atoms with Gasteiger partial charge in [-0.25, -0.2) is 0 Å². The minimum Gasteiger partial charge on any atom is -0.354 e. The maximum Gasteiger partial charge on any atom is 0.0544 e. The van der Waals surface area contributed by atoms with Crippen molar-refractivity contribution in [1.82, 2.24) is 9.97 Å². The summed E-state index contributed by atoms with van der Waals surface area (Å²) in [5.74, 6) is 0. The summed E-state index contributed by atoms with van der Waals surface area (Å²) in [5, 5.41) is 12.1. The first-order valence-corrected chi connectivity index (χ1v) is 22.1. The molecule has 0 aliphatic carbocycles. The minimum absolute atomic E-state index is 1.11. The summed E-state index contributed by atoms with van der Waals surface area (Å²) in [5.41, 5.74) is 16.4. The number of aromatic amines is 2. The van der Waals surface area contributed by atoms with Gasteiger partial charge in [0.15, 0.2) is 0 Å². The summed E-state index contributed by atoms with van der Waals surface area (Å²) in [7, 11) is 0. The summed E-state index contributed by atoms with van der Waals surface area (Å²) in [6.07, 6.45) is 0. The third kappa shape index (κ3) is 5.81. The number of hydrogen-bond donors (Lipinski definition) is 2. The molecular formula is C62H40N2. The van der Waals surface area contributed by atoms with Crippen molar-refractivity contribution in [2.24, 2.45) is 0 Å². The van der Waals surface area contributed by atoms with Gasteiger partial charge in [-0.05, 0) is 124 Å². The Labute approximate surface area is 370 Å². The molecule has 64 heavy (non-hydrogen) atoms. The third-order valence-electron chi connectivity index (χ3n) is 13.3. The molecule has 11 aromatic carbocycles. The second-order valence-corrected chi connectivity index (χ2v) is 17.0. The van der Waals surface area contributed by atoms with Crippen molar-refractivity contribution >= 4 is 64.9 Å². The van der Waals surface area contributed by atoms with E-state index < -0.39 is 0 Å². The van der Waals surface area contributed by atoms with E-state index in [1.807, 2.05) is 0 Å². The van der Waals surface area contributed by atoms with Crippen LogP contribution in [0.3, 0.4) is 0 Å². The SMILES string of the molecule is c1ccc(-c2[nH]c3cc4c(-c5ccc6ccccc6c5)c5cc6c(-c7ccccc7)c(-c7ccccc7)[nH]c6cc5c(-c5ccc6ccccc6c5)c4cc3c2-c2ccccc2)cc1. The number of hydrogen-bond acceptors (Lipinski definition) is 0. The molecule has 0 amide bonds. The molecule has 0 unspecified atom stereocenters. The fraction of sp³-hybridized carbons (Fsp3) is 0. The minimum atomic E-state index is 1.11. The Balaban J connectivity index is 1.24. The predicted octanol–water partition coefficient (Wildman–Crippen LogP) is 17.3. The molecule has 2 heteroatoms. The van der Waals surface area contributed by atoms with Crippen LogP contribution in [-0.2, 0) is 0 Å². The van der Waals surface area contributed by atoms with Crippen LogP contribution < -0.4 is 0 Å². The van der Waals surface area contributed by atoms with Gasteiger partial charge >= 0.3 is 0 Å². The fourth-order valence-corrected chi connectivity index (χ4v) is 10.4. The molecule has 0 saturated heterocycles. The van der Waals surface area contributed by atoms with Gasteiger partial charge in [0, 0.05) is 32.9 Å². The third-order valence-corrected chi connectivity index (χ3v) is 13.3. The van der Waals surface area contributed by atoms with Crippen molar-refractivity contribution in [3.8, 4) is 67.0 Å². The number of benzene rings is 11. The quantitative estimate of drug-likeness (QED) is 0.157. The molecule has 2 N–H and O–H groups in total. The zero-order chi connectivity index (χ0) is 42.1. The van der Waals surface area contributed by atoms with Crippen LogP contribution in [0, 0.1) is 0 Å². The van der Waals surface area contributed by atoms with Gasteiger partial charge in [0.1, 0.15) is 0 Å². The second kappa shape index (κ2) is 14.6. The molecule has 0 saturated carbocycles. The number of aromatic nitrogens is 2. The Hall–Kier alpha value is -8.46. The van der Waals surface area contributed by atoms with E-state index in [4.69, 9.17) is 0 Å². The van der Waals surface area contributed by atoms with Crippen LogP contribution in [0.15, 0.2) is 231 Å². The number of rotatable bonds is 6. The molecule has 2 heterocycles. The van der Waals surface area contributed by atoms with Crippen LogP contribution in [0.4, 0.5) is 0 Å². The molecular weight excluding hydrogens is 773 g/mol. The zero-order valence-corrected chi connectivity index (χ0v) is 34.9. The molecule has 2 aromatic heterocycles. The lowest BCUT2D eigenvalue weighted by atomic mass is 9.83. The summed E-state index contributed by atoms with van der Waals surface area (Å²) in [6, 6.07) is 84.5. The Kier molecular flexibility index (Phi) is 8.25. The first kappa shape index (κ1) is 36.2. The standard InChI is InChI=1S/C62H40N2/c1-5-19-41(20-6-1)59-53-35-49-51(37-55(53)63-61(59)43-23-9-3-10-24-43)58(48-32-30-40-18-14-16-28-46(40)34-48)50-36-54-56(38-52(50)57(49)47-31-29-39-17-13-15-27-45(39)33-47)64-62(44-25-11-4-12-26-44)60(54)42-21-7-2-8-22-42/h1-38,63-64H. The number of H-pyrrole nitrogens is 2. The first-order valence-electron chi connectivity index (χ1n) is 22.1. The summed E-state index contributed by atoms with van der Waals surface area (Å²) in [4.78, 5) is 7.98. The van der Waals surface area contributed by atoms with E-state index in [1.54, 1.807) is 0 Å². The van der Waals surface area contributed by atoms with E-state index in [-0.39, 0.29) is 0 Å². The Morgan fingerprint density at radius 1 is 0.203 bits per heavy atom. The van der Waals surface area contributed by atoms with Crippen molar-refractivity contribution in [3.05, 3.63) is 231 Å². The molecule has 0 radical (unpaired) electrons. The molecule has 0 fully saturated rings. The van der Waals surface area contributed by atoms with E-state index >= 15 is 0 Å². The van der Waals surface area contributed by atoms with Crippen LogP contribution in [0.1, 0.15) is 0 Å². The van der Waals surface area contributed by atoms with Crippen LogP contribution in [0.5, 0.6) is 0 Å². The van der Waals surface area contributed by atoms with Crippen molar-refractivity contribution in [2.45, 2.75) is 0 Å². The Morgan fingerprint density at radius 3 is 0.922 bits per heavy atom. The molecule has 0 aliphatic rings. The zero-order valence-electron chi connectivity index (χ0n) is 34.9. The van der Waals surface area contributed by atoms with Gasteiger partial charge in [-0.3, -0.25) is 0 Å². The largest absolute Gasteiger partial charge is 0.354 e. The summed E-state index contributed by atoms with van der Waals surface area (Å²) < 4.78 is 0. The topological polar surface area (TPSA) is 31.6 Å². The Morgan fingerprint density at radius 2 is 0.531 bits per heavy atom. The smallest absolute Gasteiger partial charge is 0.0544 e. The van der Waals surface area contributed by atoms with Crippen molar-refractivity contribution < 1.29 is 0 Å². The van der Waals surface area contributed by atoms with E-state index in [0.717, 1.165) is 33.5 Å². The average molecular weight is 813 g/mol. The van der Waals surface area contributed by atoms with Crippen molar-refractivity contribution in [1.29, 1.82) is 0 Å². The van der Waals surface area contributed by atoms with Gasteiger partial charge in [0.25, 0.3) is 0 Å². The van der Waals surface area contributed by atoms with Crippen LogP contribution >= 0.6 is 0 Å². The summed E-state index contributed by atoms with van der Waals surface area (Å²) >= 11 is 0. The van der Waals surface area contributed by atoms with E-state index in [0.29, 0.717) is 0 Å².